The molecule has 0 atom stereocenters. The van der Waals surface area contributed by atoms with Crippen molar-refractivity contribution < 1.29 is 26.3 Å². The standard InChI is InChI=1S/C19H18F3N5.C5H7F3.C2H6/c1-11-4-3-5-14(8-11)26(10-17(21)22)18-15-9-13(20)6-7-16(15)27(12(2)23)19(24)25-18;1-4(2-3-4)5(6,7)8;1-2/h3-9,17,23-24H,10H2,1-2H3;2-3H2,1H3;1-2H3. The summed E-state index contributed by atoms with van der Waals surface area (Å²) in [6.45, 7) is 7.91. The third-order valence-corrected chi connectivity index (χ3v) is 5.77. The summed E-state index contributed by atoms with van der Waals surface area (Å²) < 4.78 is 76.7. The summed E-state index contributed by atoms with van der Waals surface area (Å²) >= 11 is 0. The summed E-state index contributed by atoms with van der Waals surface area (Å²) in [7, 11) is 0. The van der Waals surface area contributed by atoms with E-state index in [0.29, 0.717) is 24.0 Å². The van der Waals surface area contributed by atoms with E-state index in [4.69, 9.17) is 10.8 Å². The number of nitrogens with one attached hydrogen (secondary N) is 2. The van der Waals surface area contributed by atoms with Crippen molar-refractivity contribution in [3.63, 3.8) is 0 Å². The number of anilines is 2. The van der Waals surface area contributed by atoms with Gasteiger partial charge in [-0.15, -0.1) is 0 Å². The van der Waals surface area contributed by atoms with Crippen molar-refractivity contribution in [2.24, 2.45) is 5.41 Å². The van der Waals surface area contributed by atoms with Gasteiger partial charge in [-0.1, -0.05) is 32.9 Å². The normalized spacial score (nSPS) is 13.8. The average molecular weight is 528 g/mol. The van der Waals surface area contributed by atoms with Crippen LogP contribution in [0.1, 0.15) is 46.1 Å². The van der Waals surface area contributed by atoms with Gasteiger partial charge in [-0.2, -0.15) is 18.2 Å². The van der Waals surface area contributed by atoms with Crippen LogP contribution in [0, 0.1) is 29.0 Å². The molecule has 1 heterocycles. The van der Waals surface area contributed by atoms with Crippen LogP contribution in [0.15, 0.2) is 42.5 Å². The molecule has 4 rings (SSSR count). The lowest BCUT2D eigenvalue weighted by molar-refractivity contribution is -0.181. The lowest BCUT2D eigenvalue weighted by Gasteiger charge is -2.26. The van der Waals surface area contributed by atoms with Gasteiger partial charge in [-0.3, -0.25) is 15.4 Å². The highest BCUT2D eigenvalue weighted by atomic mass is 19.4. The highest BCUT2D eigenvalue weighted by molar-refractivity contribution is 5.97. The molecule has 5 nitrogen and oxygen atoms in total. The molecule has 2 aromatic carbocycles. The van der Waals surface area contributed by atoms with Crippen molar-refractivity contribution in [3.8, 4) is 0 Å². The quantitative estimate of drug-likeness (QED) is 0.209. The van der Waals surface area contributed by atoms with Crippen LogP contribution in [0.3, 0.4) is 0 Å². The topological polar surface area (TPSA) is 68.8 Å². The molecule has 1 fully saturated rings. The molecule has 0 amide bonds. The Bertz CT molecular complexity index is 1290. The third-order valence-electron chi connectivity index (χ3n) is 5.77. The smallest absolute Gasteiger partial charge is 0.320 e. The first-order chi connectivity index (χ1) is 17.2. The predicted octanol–water partition coefficient (Wildman–Crippen LogP) is 7.59. The van der Waals surface area contributed by atoms with Gasteiger partial charge in [-0.25, -0.2) is 13.2 Å². The second-order valence-corrected chi connectivity index (χ2v) is 8.74. The van der Waals surface area contributed by atoms with E-state index in [0.717, 1.165) is 5.56 Å². The maximum atomic E-state index is 13.9. The Hall–Kier alpha value is -3.37. The minimum atomic E-state index is -3.95. The second kappa shape index (κ2) is 11.8. The van der Waals surface area contributed by atoms with E-state index in [1.807, 2.05) is 26.8 Å². The number of halogens is 6. The molecule has 11 heteroatoms. The van der Waals surface area contributed by atoms with E-state index in [1.54, 1.807) is 18.2 Å². The summed E-state index contributed by atoms with van der Waals surface area (Å²) in [6, 6.07) is 10.8. The first kappa shape index (κ1) is 29.9. The summed E-state index contributed by atoms with van der Waals surface area (Å²) in [6.07, 6.45) is -5.98. The molecular formula is C26H31F6N5. The third kappa shape index (κ3) is 7.11. The number of alkyl halides is 5. The summed E-state index contributed by atoms with van der Waals surface area (Å²) in [5, 5.41) is 16.3. The Kier molecular flexibility index (Phi) is 9.51. The van der Waals surface area contributed by atoms with Gasteiger partial charge < -0.3 is 4.90 Å². The molecule has 1 aliphatic rings. The number of hydrogen-bond acceptors (Lipinski definition) is 4. The van der Waals surface area contributed by atoms with Crippen LogP contribution in [-0.2, 0) is 0 Å². The zero-order chi connectivity index (χ0) is 28.1. The average Bonchev–Trinajstić information content (AvgIpc) is 3.57. The Morgan fingerprint density at radius 2 is 1.76 bits per heavy atom. The monoisotopic (exact) mass is 527 g/mol. The highest BCUT2D eigenvalue weighted by Crippen LogP contribution is 2.56. The fourth-order valence-corrected chi connectivity index (χ4v) is 3.47. The Balaban J connectivity index is 0.000000406. The predicted molar refractivity (Wildman–Crippen MR) is 133 cm³/mol. The number of hydrogen-bond donors (Lipinski definition) is 2. The maximum absolute atomic E-state index is 13.9. The van der Waals surface area contributed by atoms with E-state index in [9.17, 15) is 26.3 Å². The molecule has 3 aromatic rings. The SMILES string of the molecule is CC.CC(=N)n1c(=N)nc(N(CC(F)F)c2cccc(C)c2)c2cc(F)ccc21.CC1(C(F)(F)F)CC1. The Morgan fingerprint density at radius 1 is 1.14 bits per heavy atom. The molecule has 1 saturated carbocycles. The van der Waals surface area contributed by atoms with Gasteiger partial charge in [0, 0.05) is 11.1 Å². The van der Waals surface area contributed by atoms with Crippen LogP contribution < -0.4 is 10.5 Å². The number of aryl methyl sites for hydroxylation is 1. The van der Waals surface area contributed by atoms with E-state index in [2.05, 4.69) is 4.98 Å². The van der Waals surface area contributed by atoms with Crippen molar-refractivity contribution >= 4 is 28.2 Å². The molecule has 202 valence electrons. The second-order valence-electron chi connectivity index (χ2n) is 8.74. The minimum absolute atomic E-state index is 0.0200. The van der Waals surface area contributed by atoms with Gasteiger partial charge in [0.15, 0.2) is 0 Å². The van der Waals surface area contributed by atoms with Crippen LogP contribution in [0.2, 0.25) is 0 Å². The minimum Gasteiger partial charge on any atom is -0.320 e. The van der Waals surface area contributed by atoms with Crippen molar-refractivity contribution in [3.05, 3.63) is 59.5 Å². The Morgan fingerprint density at radius 3 is 2.22 bits per heavy atom. The molecule has 0 saturated heterocycles. The lowest BCUT2D eigenvalue weighted by Crippen LogP contribution is -2.32. The van der Waals surface area contributed by atoms with Crippen molar-refractivity contribution in [1.82, 2.24) is 9.55 Å². The van der Waals surface area contributed by atoms with Crippen LogP contribution in [-0.4, -0.2) is 34.5 Å². The number of rotatable bonds is 4. The number of nitrogens with zero attached hydrogens (tertiary/aromatic N) is 3. The fraction of sp³-hybridized carbons (Fsp3) is 0.423. The fourth-order valence-electron chi connectivity index (χ4n) is 3.47. The summed E-state index contributed by atoms with van der Waals surface area (Å²) in [4.78, 5) is 5.42. The van der Waals surface area contributed by atoms with Crippen LogP contribution in [0.5, 0.6) is 0 Å². The highest BCUT2D eigenvalue weighted by Gasteiger charge is 2.59. The van der Waals surface area contributed by atoms with Gasteiger partial charge in [0.05, 0.1) is 17.5 Å². The lowest BCUT2D eigenvalue weighted by atomic mass is 10.1. The molecule has 0 spiro atoms. The molecule has 0 aliphatic heterocycles. The van der Waals surface area contributed by atoms with Crippen LogP contribution in [0.4, 0.5) is 37.8 Å². The van der Waals surface area contributed by atoms with Gasteiger partial charge in [-0.05, 0) is 62.6 Å². The van der Waals surface area contributed by atoms with E-state index in [-0.39, 0.29) is 22.7 Å². The molecular weight excluding hydrogens is 496 g/mol. The van der Waals surface area contributed by atoms with Crippen molar-refractivity contribution in [2.75, 3.05) is 11.4 Å². The molecule has 1 aromatic heterocycles. The molecule has 37 heavy (non-hydrogen) atoms. The molecule has 0 unspecified atom stereocenters. The van der Waals surface area contributed by atoms with Crippen LogP contribution in [0.25, 0.3) is 10.9 Å². The molecule has 2 N–H and O–H groups in total. The number of aromatic nitrogens is 2. The van der Waals surface area contributed by atoms with Gasteiger partial charge in [0.1, 0.15) is 17.5 Å². The number of benzene rings is 2. The summed E-state index contributed by atoms with van der Waals surface area (Å²) in [5.41, 5.74) is 0.0913. The van der Waals surface area contributed by atoms with E-state index < -0.39 is 30.4 Å². The van der Waals surface area contributed by atoms with Gasteiger partial charge >= 0.3 is 6.18 Å². The zero-order valence-corrected chi connectivity index (χ0v) is 21.3. The van der Waals surface area contributed by atoms with Gasteiger partial charge in [0.2, 0.25) is 5.62 Å². The van der Waals surface area contributed by atoms with Crippen molar-refractivity contribution in [2.45, 2.75) is 60.1 Å². The Labute approximate surface area is 211 Å². The maximum Gasteiger partial charge on any atom is 0.394 e. The molecule has 0 bridgehead atoms. The zero-order valence-electron chi connectivity index (χ0n) is 21.3. The van der Waals surface area contributed by atoms with E-state index >= 15 is 0 Å². The number of fused-ring (bicyclic) bond motifs is 1. The molecule has 0 radical (unpaired) electrons. The largest absolute Gasteiger partial charge is 0.394 e. The van der Waals surface area contributed by atoms with Crippen molar-refractivity contribution in [1.29, 1.82) is 10.8 Å². The first-order valence-electron chi connectivity index (χ1n) is 11.7. The van der Waals surface area contributed by atoms with E-state index in [1.165, 1.54) is 41.5 Å². The first-order valence-corrected chi connectivity index (χ1v) is 11.7. The molecule has 1 aliphatic carbocycles. The van der Waals surface area contributed by atoms with Gasteiger partial charge in [0.25, 0.3) is 6.43 Å². The van der Waals surface area contributed by atoms with Crippen LogP contribution >= 0.6 is 0 Å². The summed E-state index contributed by atoms with van der Waals surface area (Å²) in [5.74, 6) is -0.483.